The van der Waals surface area contributed by atoms with Crippen LogP contribution in [0.3, 0.4) is 0 Å². The summed E-state index contributed by atoms with van der Waals surface area (Å²) in [5.74, 6) is -0.182. The van der Waals surface area contributed by atoms with Crippen molar-refractivity contribution in [3.05, 3.63) is 28.7 Å². The number of aromatic nitrogens is 2. The number of carbonyl (C=O) groups is 2. The molecule has 0 aromatic carbocycles. The van der Waals surface area contributed by atoms with Crippen molar-refractivity contribution in [2.45, 2.75) is 63.1 Å². The molecule has 8 heteroatoms. The zero-order valence-corrected chi connectivity index (χ0v) is 16.1. The van der Waals surface area contributed by atoms with E-state index in [2.05, 4.69) is 10.4 Å². The van der Waals surface area contributed by atoms with E-state index in [1.807, 2.05) is 4.90 Å². The minimum atomic E-state index is -0.258. The van der Waals surface area contributed by atoms with E-state index in [-0.39, 0.29) is 41.4 Å². The monoisotopic (exact) mass is 388 g/mol. The van der Waals surface area contributed by atoms with Gasteiger partial charge in [0.15, 0.2) is 0 Å². The lowest BCUT2D eigenvalue weighted by atomic mass is 9.90. The molecule has 2 amide bonds. The van der Waals surface area contributed by atoms with Crippen LogP contribution in [0.25, 0.3) is 0 Å². The van der Waals surface area contributed by atoms with Crippen LogP contribution in [0.1, 0.15) is 51.0 Å². The Hall–Kier alpha value is -2.22. The Kier molecular flexibility index (Phi) is 5.75. The molecule has 1 saturated carbocycles. The average Bonchev–Trinajstić information content (AvgIpc) is 3.12. The molecule has 1 N–H and O–H groups in total. The van der Waals surface area contributed by atoms with Gasteiger partial charge < -0.3 is 15.0 Å². The third-order valence-corrected chi connectivity index (χ3v) is 6.29. The Morgan fingerprint density at radius 3 is 2.54 bits per heavy atom. The molecule has 1 aromatic rings. The molecule has 28 heavy (non-hydrogen) atoms. The van der Waals surface area contributed by atoms with Gasteiger partial charge in [0.25, 0.3) is 5.56 Å². The quantitative estimate of drug-likeness (QED) is 0.826. The maximum absolute atomic E-state index is 12.7. The molecule has 0 bridgehead atoms. The number of nitrogens with one attached hydrogen (secondary N) is 1. The molecule has 3 fully saturated rings. The number of rotatable bonds is 4. The maximum atomic E-state index is 12.7. The molecule has 8 nitrogen and oxygen atoms in total. The van der Waals surface area contributed by atoms with E-state index in [1.54, 1.807) is 16.9 Å². The van der Waals surface area contributed by atoms with Crippen LogP contribution in [0.5, 0.6) is 0 Å². The van der Waals surface area contributed by atoms with E-state index in [9.17, 15) is 14.4 Å². The highest BCUT2D eigenvalue weighted by Gasteiger charge is 2.39. The molecule has 4 rings (SSSR count). The minimum Gasteiger partial charge on any atom is -0.381 e. The summed E-state index contributed by atoms with van der Waals surface area (Å²) in [6, 6.07) is 3.60. The standard InChI is InChI=1S/C20H28N4O4/c25-18-2-1-9-21-24(18)17-5-3-15(4-6-17)22-20(27)14-12-19(26)23(13-14)16-7-10-28-11-8-16/h1-2,9,14-17H,3-8,10-13H2,(H,22,27). The fraction of sp³-hybridized carbons (Fsp3) is 0.700. The van der Waals surface area contributed by atoms with Gasteiger partial charge in [-0.15, -0.1) is 0 Å². The molecule has 3 aliphatic rings. The molecule has 1 aromatic heterocycles. The largest absolute Gasteiger partial charge is 0.381 e. The van der Waals surface area contributed by atoms with Crippen molar-refractivity contribution < 1.29 is 14.3 Å². The van der Waals surface area contributed by atoms with Crippen LogP contribution in [0, 0.1) is 5.92 Å². The Bertz CT molecular complexity index is 765. The number of nitrogens with zero attached hydrogens (tertiary/aromatic N) is 3. The topological polar surface area (TPSA) is 93.5 Å². The predicted molar refractivity (Wildman–Crippen MR) is 102 cm³/mol. The molecule has 1 unspecified atom stereocenters. The molecule has 1 atom stereocenters. The second-order valence-corrected chi connectivity index (χ2v) is 8.11. The van der Waals surface area contributed by atoms with E-state index in [4.69, 9.17) is 4.74 Å². The van der Waals surface area contributed by atoms with Crippen LogP contribution in [0.4, 0.5) is 0 Å². The first-order valence-electron chi connectivity index (χ1n) is 10.3. The van der Waals surface area contributed by atoms with Gasteiger partial charge in [0.05, 0.1) is 12.0 Å². The molecule has 3 heterocycles. The average molecular weight is 388 g/mol. The summed E-state index contributed by atoms with van der Waals surface area (Å²) in [5.41, 5.74) is -0.0762. The summed E-state index contributed by atoms with van der Waals surface area (Å²) in [6.45, 7) is 1.90. The highest BCUT2D eigenvalue weighted by molar-refractivity contribution is 5.89. The maximum Gasteiger partial charge on any atom is 0.266 e. The van der Waals surface area contributed by atoms with Crippen LogP contribution in [0.2, 0.25) is 0 Å². The Balaban J connectivity index is 1.27. The van der Waals surface area contributed by atoms with Gasteiger partial charge >= 0.3 is 0 Å². The van der Waals surface area contributed by atoms with Gasteiger partial charge in [0.2, 0.25) is 11.8 Å². The van der Waals surface area contributed by atoms with Crippen LogP contribution >= 0.6 is 0 Å². The number of hydrogen-bond acceptors (Lipinski definition) is 5. The van der Waals surface area contributed by atoms with Crippen molar-refractivity contribution >= 4 is 11.8 Å². The van der Waals surface area contributed by atoms with E-state index >= 15 is 0 Å². The number of carbonyl (C=O) groups excluding carboxylic acids is 2. The van der Waals surface area contributed by atoms with Crippen molar-refractivity contribution in [1.82, 2.24) is 20.0 Å². The molecule has 1 aliphatic carbocycles. The Labute approximate surface area is 164 Å². The highest BCUT2D eigenvalue weighted by atomic mass is 16.5. The summed E-state index contributed by atoms with van der Waals surface area (Å²) in [6.07, 6.45) is 6.94. The third kappa shape index (κ3) is 4.11. The fourth-order valence-corrected chi connectivity index (χ4v) is 4.68. The second kappa shape index (κ2) is 8.43. The molecule has 0 spiro atoms. The summed E-state index contributed by atoms with van der Waals surface area (Å²) < 4.78 is 6.93. The SMILES string of the molecule is O=C(NC1CCC(n2ncccc2=O)CC1)C1CC(=O)N(C2CCOCC2)C1. The Morgan fingerprint density at radius 1 is 1.07 bits per heavy atom. The predicted octanol–water partition coefficient (Wildman–Crippen LogP) is 0.871. The van der Waals surface area contributed by atoms with E-state index in [0.29, 0.717) is 26.2 Å². The molecular formula is C20H28N4O4. The highest BCUT2D eigenvalue weighted by Crippen LogP contribution is 2.28. The van der Waals surface area contributed by atoms with Crippen molar-refractivity contribution in [2.24, 2.45) is 5.92 Å². The molecule has 2 saturated heterocycles. The van der Waals surface area contributed by atoms with Gasteiger partial charge in [-0.2, -0.15) is 5.10 Å². The fourth-order valence-electron chi connectivity index (χ4n) is 4.68. The lowest BCUT2D eigenvalue weighted by Crippen LogP contribution is -2.44. The van der Waals surface area contributed by atoms with Crippen molar-refractivity contribution in [3.63, 3.8) is 0 Å². The Morgan fingerprint density at radius 2 is 1.82 bits per heavy atom. The number of hydrogen-bond donors (Lipinski definition) is 1. The third-order valence-electron chi connectivity index (χ3n) is 6.29. The molecule has 152 valence electrons. The smallest absolute Gasteiger partial charge is 0.266 e. The van der Waals surface area contributed by atoms with Crippen LogP contribution in [-0.4, -0.2) is 58.3 Å². The zero-order valence-electron chi connectivity index (χ0n) is 16.1. The van der Waals surface area contributed by atoms with Gasteiger partial charge in [0.1, 0.15) is 0 Å². The first-order valence-corrected chi connectivity index (χ1v) is 10.3. The first-order chi connectivity index (χ1) is 13.6. The number of ether oxygens (including phenoxy) is 1. The van der Waals surface area contributed by atoms with Gasteiger partial charge in [0, 0.05) is 50.5 Å². The van der Waals surface area contributed by atoms with Gasteiger partial charge in [-0.05, 0) is 44.6 Å². The van der Waals surface area contributed by atoms with Crippen molar-refractivity contribution in [1.29, 1.82) is 0 Å². The molecular weight excluding hydrogens is 360 g/mol. The van der Waals surface area contributed by atoms with Gasteiger partial charge in [-0.1, -0.05) is 0 Å². The summed E-state index contributed by atoms with van der Waals surface area (Å²) in [7, 11) is 0. The first kappa shape index (κ1) is 19.1. The zero-order chi connectivity index (χ0) is 19.5. The van der Waals surface area contributed by atoms with Crippen LogP contribution in [0.15, 0.2) is 23.1 Å². The van der Waals surface area contributed by atoms with E-state index in [1.165, 1.54) is 6.07 Å². The van der Waals surface area contributed by atoms with E-state index in [0.717, 1.165) is 38.5 Å². The lowest BCUT2D eigenvalue weighted by Gasteiger charge is -2.32. The lowest BCUT2D eigenvalue weighted by molar-refractivity contribution is -0.131. The van der Waals surface area contributed by atoms with Crippen LogP contribution in [-0.2, 0) is 14.3 Å². The minimum absolute atomic E-state index is 0.0126. The second-order valence-electron chi connectivity index (χ2n) is 8.11. The van der Waals surface area contributed by atoms with E-state index < -0.39 is 0 Å². The molecule has 2 aliphatic heterocycles. The van der Waals surface area contributed by atoms with Gasteiger partial charge in [-0.3, -0.25) is 14.4 Å². The number of amides is 2. The summed E-state index contributed by atoms with van der Waals surface area (Å²) >= 11 is 0. The van der Waals surface area contributed by atoms with Crippen molar-refractivity contribution in [2.75, 3.05) is 19.8 Å². The molecule has 0 radical (unpaired) electrons. The summed E-state index contributed by atoms with van der Waals surface area (Å²) in [4.78, 5) is 38.9. The van der Waals surface area contributed by atoms with Crippen molar-refractivity contribution in [3.8, 4) is 0 Å². The summed E-state index contributed by atoms with van der Waals surface area (Å²) in [5, 5.41) is 7.32. The van der Waals surface area contributed by atoms with Crippen LogP contribution < -0.4 is 10.9 Å². The number of likely N-dealkylation sites (tertiary alicyclic amines) is 1. The van der Waals surface area contributed by atoms with Gasteiger partial charge in [-0.25, -0.2) is 4.68 Å². The normalized spacial score (nSPS) is 29.1.